The highest BCUT2D eigenvalue weighted by Crippen LogP contribution is 2.41. The summed E-state index contributed by atoms with van der Waals surface area (Å²) < 4.78 is 54.0. The number of carbonyl (C=O) groups excluding carboxylic acids is 1. The van der Waals surface area contributed by atoms with Crippen LogP contribution in [-0.2, 0) is 11.3 Å². The molecule has 13 heteroatoms. The van der Waals surface area contributed by atoms with Crippen LogP contribution in [0.25, 0.3) is 22.9 Å². The molecule has 2 unspecified atom stereocenters. The van der Waals surface area contributed by atoms with Crippen molar-refractivity contribution in [2.75, 3.05) is 44.8 Å². The van der Waals surface area contributed by atoms with Gasteiger partial charge in [-0.1, -0.05) is 42.5 Å². The Bertz CT molecular complexity index is 2070. The molecule has 0 spiro atoms. The molecule has 1 amide bonds. The number of benzene rings is 3. The number of ether oxygens (including phenoxy) is 4. The molecule has 55 heavy (non-hydrogen) atoms. The SMILES string of the molecule is COc1cc(/C=C/c2nc(OC[C@@]34CCCN3C[C@H](F)C4)nc(N3CC4CCC(C3)N4C(=O)OC(C)(C)C)n2)c2c(OCc3ccccc3)c(F)ccc2c1. The summed E-state index contributed by atoms with van der Waals surface area (Å²) >= 11 is 0. The third-order valence-electron chi connectivity index (χ3n) is 11.1. The smallest absolute Gasteiger partial charge is 0.410 e. The number of hydrogen-bond donors (Lipinski definition) is 0. The van der Waals surface area contributed by atoms with Crippen LogP contribution in [0.1, 0.15) is 69.8 Å². The number of piperazine rings is 1. The number of aromatic nitrogens is 3. The molecule has 4 aliphatic heterocycles. The fourth-order valence-electron chi connectivity index (χ4n) is 8.66. The number of fused-ring (bicyclic) bond motifs is 4. The normalized spacial score (nSPS) is 23.8. The van der Waals surface area contributed by atoms with Gasteiger partial charge in [0.25, 0.3) is 0 Å². The molecule has 1 aromatic heterocycles. The summed E-state index contributed by atoms with van der Waals surface area (Å²) in [6.07, 6.45) is 6.31. The predicted molar refractivity (Wildman–Crippen MR) is 206 cm³/mol. The van der Waals surface area contributed by atoms with Gasteiger partial charge in [0.15, 0.2) is 17.4 Å². The molecule has 0 N–H and O–H groups in total. The average Bonchev–Trinajstić information content (AvgIpc) is 3.78. The molecular weight excluding hydrogens is 706 g/mol. The Labute approximate surface area is 320 Å². The third-order valence-corrected chi connectivity index (χ3v) is 11.1. The fraction of sp³-hybridized carbons (Fsp3) is 0.476. The number of alkyl halides is 1. The van der Waals surface area contributed by atoms with Gasteiger partial charge in [-0.3, -0.25) is 9.80 Å². The van der Waals surface area contributed by atoms with E-state index in [1.54, 1.807) is 19.3 Å². The molecule has 8 rings (SSSR count). The zero-order chi connectivity index (χ0) is 38.3. The molecule has 5 heterocycles. The second-order valence-electron chi connectivity index (χ2n) is 16.1. The zero-order valence-electron chi connectivity index (χ0n) is 31.8. The van der Waals surface area contributed by atoms with Gasteiger partial charge in [-0.25, -0.2) is 13.6 Å². The number of hydrogen-bond acceptors (Lipinski definition) is 10. The van der Waals surface area contributed by atoms with Crippen molar-refractivity contribution >= 4 is 35.0 Å². The van der Waals surface area contributed by atoms with Gasteiger partial charge in [-0.2, -0.15) is 15.0 Å². The van der Waals surface area contributed by atoms with Crippen molar-refractivity contribution in [2.45, 2.75) is 88.9 Å². The standard InChI is InChI=1S/C42H48F2N6O5/c1-41(2,3)55-40(51)50-31-13-14-32(50)24-48(23-31)38-45-35(46-39(47-38)54-26-42-17-8-18-49(42)22-30(43)21-42)16-12-29-20-33(52-4)19-28-11-15-34(44)37(36(28)29)53-25-27-9-6-5-7-10-27/h5-7,9-12,15-16,19-20,30-32H,8,13-14,17-18,21-26H2,1-4H3/b16-12+/t30-,31?,32?,42+/m1/s1. The Morgan fingerprint density at radius 1 is 0.982 bits per heavy atom. The molecule has 3 aromatic carbocycles. The van der Waals surface area contributed by atoms with Gasteiger partial charge in [0, 0.05) is 31.4 Å². The van der Waals surface area contributed by atoms with Crippen LogP contribution in [0.15, 0.2) is 54.6 Å². The van der Waals surface area contributed by atoms with Crippen LogP contribution < -0.4 is 19.1 Å². The summed E-state index contributed by atoms with van der Waals surface area (Å²) in [5.74, 6) is 0.996. The van der Waals surface area contributed by atoms with Crippen molar-refractivity contribution < 1.29 is 32.5 Å². The molecule has 4 atom stereocenters. The summed E-state index contributed by atoms with van der Waals surface area (Å²) in [4.78, 5) is 33.8. The topological polar surface area (TPSA) is 102 Å². The molecule has 4 fully saturated rings. The first kappa shape index (κ1) is 36.9. The number of methoxy groups -OCH3 is 1. The van der Waals surface area contributed by atoms with Gasteiger partial charge in [-0.05, 0) is 93.8 Å². The highest BCUT2D eigenvalue weighted by molar-refractivity contribution is 5.98. The van der Waals surface area contributed by atoms with Gasteiger partial charge >= 0.3 is 12.1 Å². The van der Waals surface area contributed by atoms with Crippen molar-refractivity contribution in [3.8, 4) is 17.5 Å². The minimum absolute atomic E-state index is 0.0630. The van der Waals surface area contributed by atoms with E-state index in [2.05, 4.69) is 9.80 Å². The molecule has 290 valence electrons. The monoisotopic (exact) mass is 754 g/mol. The van der Waals surface area contributed by atoms with E-state index in [9.17, 15) is 9.18 Å². The number of carbonyl (C=O) groups is 1. The minimum Gasteiger partial charge on any atom is -0.497 e. The Hall–Kier alpha value is -5.04. The second-order valence-corrected chi connectivity index (χ2v) is 16.1. The number of rotatable bonds is 10. The van der Waals surface area contributed by atoms with Crippen molar-refractivity contribution in [2.24, 2.45) is 0 Å². The van der Waals surface area contributed by atoms with Crippen molar-refractivity contribution in [1.29, 1.82) is 0 Å². The number of halogens is 2. The Morgan fingerprint density at radius 2 is 1.76 bits per heavy atom. The summed E-state index contributed by atoms with van der Waals surface area (Å²) in [6, 6.07) is 16.4. The lowest BCUT2D eigenvalue weighted by Gasteiger charge is -2.41. The number of anilines is 1. The first-order valence-electron chi connectivity index (χ1n) is 19.2. The Morgan fingerprint density at radius 3 is 2.51 bits per heavy atom. The van der Waals surface area contributed by atoms with Crippen LogP contribution in [-0.4, -0.2) is 100 Å². The molecule has 2 bridgehead atoms. The van der Waals surface area contributed by atoms with E-state index in [0.717, 1.165) is 43.2 Å². The van der Waals surface area contributed by atoms with E-state index in [1.807, 2.05) is 74.2 Å². The molecule has 0 radical (unpaired) electrons. The maximum absolute atomic E-state index is 15.5. The van der Waals surface area contributed by atoms with Crippen LogP contribution in [0.2, 0.25) is 0 Å². The lowest BCUT2D eigenvalue weighted by Crippen LogP contribution is -2.57. The molecule has 11 nitrogen and oxygen atoms in total. The largest absolute Gasteiger partial charge is 0.497 e. The van der Waals surface area contributed by atoms with Gasteiger partial charge in [0.05, 0.1) is 24.7 Å². The van der Waals surface area contributed by atoms with E-state index < -0.39 is 17.6 Å². The van der Waals surface area contributed by atoms with Gasteiger partial charge in [0.2, 0.25) is 5.95 Å². The quantitative estimate of drug-likeness (QED) is 0.162. The van der Waals surface area contributed by atoms with E-state index >= 15 is 4.39 Å². The van der Waals surface area contributed by atoms with Gasteiger partial charge in [0.1, 0.15) is 30.7 Å². The Kier molecular flexibility index (Phi) is 9.99. The fourth-order valence-corrected chi connectivity index (χ4v) is 8.66. The molecule has 0 aliphatic carbocycles. The predicted octanol–water partition coefficient (Wildman–Crippen LogP) is 7.47. The molecule has 4 aromatic rings. The molecule has 4 saturated heterocycles. The van der Waals surface area contributed by atoms with Crippen LogP contribution >= 0.6 is 0 Å². The first-order chi connectivity index (χ1) is 26.5. The van der Waals surface area contributed by atoms with Crippen molar-refractivity contribution in [1.82, 2.24) is 24.8 Å². The van der Waals surface area contributed by atoms with Crippen LogP contribution in [0.4, 0.5) is 19.5 Å². The number of amides is 1. The lowest BCUT2D eigenvalue weighted by molar-refractivity contribution is 0.0122. The summed E-state index contributed by atoms with van der Waals surface area (Å²) in [5, 5.41) is 1.32. The highest BCUT2D eigenvalue weighted by Gasteiger charge is 2.50. The maximum Gasteiger partial charge on any atom is 0.410 e. The van der Waals surface area contributed by atoms with Crippen molar-refractivity contribution in [3.63, 3.8) is 0 Å². The lowest BCUT2D eigenvalue weighted by atomic mass is 9.95. The zero-order valence-corrected chi connectivity index (χ0v) is 31.8. The third kappa shape index (κ3) is 7.76. The average molecular weight is 755 g/mol. The molecular formula is C42H48F2N6O5. The number of nitrogens with zero attached hydrogens (tertiary/aromatic N) is 6. The van der Waals surface area contributed by atoms with E-state index in [1.165, 1.54) is 6.07 Å². The van der Waals surface area contributed by atoms with Gasteiger partial charge < -0.3 is 23.8 Å². The highest BCUT2D eigenvalue weighted by atomic mass is 19.1. The first-order valence-corrected chi connectivity index (χ1v) is 19.2. The van der Waals surface area contributed by atoms with E-state index in [0.29, 0.717) is 54.5 Å². The summed E-state index contributed by atoms with van der Waals surface area (Å²) in [7, 11) is 1.59. The van der Waals surface area contributed by atoms with E-state index in [-0.39, 0.29) is 48.7 Å². The summed E-state index contributed by atoms with van der Waals surface area (Å²) in [5.41, 5.74) is 0.570. The van der Waals surface area contributed by atoms with E-state index in [4.69, 9.17) is 33.9 Å². The molecule has 4 aliphatic rings. The maximum atomic E-state index is 15.5. The molecule has 0 saturated carbocycles. The van der Waals surface area contributed by atoms with Crippen molar-refractivity contribution in [3.05, 3.63) is 77.4 Å². The van der Waals surface area contributed by atoms with Crippen LogP contribution in [0, 0.1) is 5.82 Å². The second kappa shape index (κ2) is 14.9. The Balaban J connectivity index is 1.13. The van der Waals surface area contributed by atoms with Gasteiger partial charge in [-0.15, -0.1) is 0 Å². The van der Waals surface area contributed by atoms with Crippen LogP contribution in [0.3, 0.4) is 0 Å². The summed E-state index contributed by atoms with van der Waals surface area (Å²) in [6.45, 7) is 8.37. The van der Waals surface area contributed by atoms with Crippen LogP contribution in [0.5, 0.6) is 17.5 Å². The minimum atomic E-state index is -0.892.